The number of nitrogens with zero attached hydrogens (tertiary/aromatic N) is 1. The second-order valence-electron chi connectivity index (χ2n) is 6.26. The summed E-state index contributed by atoms with van der Waals surface area (Å²) >= 11 is 0. The van der Waals surface area contributed by atoms with Crippen LogP contribution in [0.5, 0.6) is 0 Å². The van der Waals surface area contributed by atoms with E-state index in [4.69, 9.17) is 5.11 Å². The van der Waals surface area contributed by atoms with Crippen molar-refractivity contribution in [3.05, 3.63) is 0 Å². The first-order valence-electron chi connectivity index (χ1n) is 6.35. The molecule has 0 amide bonds. The van der Waals surface area contributed by atoms with Gasteiger partial charge in [0, 0.05) is 24.8 Å². The summed E-state index contributed by atoms with van der Waals surface area (Å²) in [6.45, 7) is 0.469. The van der Waals surface area contributed by atoms with Crippen molar-refractivity contribution in [1.29, 1.82) is 0 Å². The minimum absolute atomic E-state index is 0.0465. The van der Waals surface area contributed by atoms with Crippen molar-refractivity contribution in [2.24, 2.45) is 10.8 Å². The Balaban J connectivity index is 1.56. The molecule has 0 radical (unpaired) electrons. The fraction of sp³-hybridized carbons (Fsp3) is 1.00. The number of alkyl halides is 4. The lowest BCUT2D eigenvalue weighted by atomic mass is 9.92. The Kier molecular flexibility index (Phi) is 2.39. The van der Waals surface area contributed by atoms with Gasteiger partial charge in [-0.15, -0.1) is 0 Å². The number of aliphatic hydroxyl groups is 1. The SMILES string of the molecule is OCC1(CN2CCC3(CC2)CC3(F)F)CC1(F)F. The van der Waals surface area contributed by atoms with Crippen molar-refractivity contribution in [2.45, 2.75) is 37.5 Å². The topological polar surface area (TPSA) is 23.5 Å². The molecule has 3 rings (SSSR count). The first-order valence-corrected chi connectivity index (χ1v) is 6.35. The van der Waals surface area contributed by atoms with Crippen molar-refractivity contribution in [2.75, 3.05) is 26.2 Å². The van der Waals surface area contributed by atoms with Crippen molar-refractivity contribution < 1.29 is 22.7 Å². The van der Waals surface area contributed by atoms with Crippen LogP contribution in [0.25, 0.3) is 0 Å². The van der Waals surface area contributed by atoms with Gasteiger partial charge < -0.3 is 10.0 Å². The first-order chi connectivity index (χ1) is 8.26. The number of likely N-dealkylation sites (tertiary alicyclic amines) is 1. The molecule has 1 heterocycles. The molecular formula is C12H17F4NO. The molecule has 18 heavy (non-hydrogen) atoms. The van der Waals surface area contributed by atoms with E-state index >= 15 is 0 Å². The molecule has 6 heteroatoms. The molecule has 1 unspecified atom stereocenters. The highest BCUT2D eigenvalue weighted by Gasteiger charge is 2.73. The fourth-order valence-corrected chi connectivity index (χ4v) is 3.26. The number of aliphatic hydroxyl groups excluding tert-OH is 1. The highest BCUT2D eigenvalue weighted by atomic mass is 19.3. The molecule has 1 atom stereocenters. The second kappa shape index (κ2) is 3.39. The molecule has 2 saturated carbocycles. The van der Waals surface area contributed by atoms with Gasteiger partial charge in [-0.1, -0.05) is 0 Å². The normalized spacial score (nSPS) is 39.8. The van der Waals surface area contributed by atoms with Crippen LogP contribution >= 0.6 is 0 Å². The van der Waals surface area contributed by atoms with Gasteiger partial charge in [0.15, 0.2) is 0 Å². The van der Waals surface area contributed by atoms with Crippen LogP contribution in [0.2, 0.25) is 0 Å². The van der Waals surface area contributed by atoms with Gasteiger partial charge in [0.25, 0.3) is 11.8 Å². The quantitative estimate of drug-likeness (QED) is 0.792. The predicted molar refractivity (Wildman–Crippen MR) is 56.8 cm³/mol. The largest absolute Gasteiger partial charge is 0.396 e. The van der Waals surface area contributed by atoms with Crippen LogP contribution in [0, 0.1) is 10.8 Å². The Morgan fingerprint density at radius 1 is 0.944 bits per heavy atom. The van der Waals surface area contributed by atoms with Gasteiger partial charge >= 0.3 is 0 Å². The Labute approximate surface area is 103 Å². The van der Waals surface area contributed by atoms with Crippen LogP contribution in [0.3, 0.4) is 0 Å². The summed E-state index contributed by atoms with van der Waals surface area (Å²) in [7, 11) is 0. The minimum atomic E-state index is -2.79. The molecule has 3 fully saturated rings. The third kappa shape index (κ3) is 1.61. The van der Waals surface area contributed by atoms with Crippen molar-refractivity contribution in [3.63, 3.8) is 0 Å². The first kappa shape index (κ1) is 12.7. The third-order valence-corrected chi connectivity index (χ3v) is 5.06. The zero-order valence-corrected chi connectivity index (χ0v) is 10.1. The van der Waals surface area contributed by atoms with E-state index in [9.17, 15) is 17.6 Å². The molecule has 2 aliphatic carbocycles. The van der Waals surface area contributed by atoms with Crippen LogP contribution in [0.1, 0.15) is 25.7 Å². The lowest BCUT2D eigenvalue weighted by Crippen LogP contribution is -2.42. The van der Waals surface area contributed by atoms with Gasteiger partial charge in [0.1, 0.15) is 0 Å². The maximum atomic E-state index is 13.2. The van der Waals surface area contributed by atoms with E-state index in [-0.39, 0.29) is 19.4 Å². The van der Waals surface area contributed by atoms with Crippen LogP contribution in [0.4, 0.5) is 17.6 Å². The molecule has 0 bridgehead atoms. The average Bonchev–Trinajstić information content (AvgIpc) is 3.03. The maximum absolute atomic E-state index is 13.2. The highest BCUT2D eigenvalue weighted by molar-refractivity contribution is 5.14. The molecule has 1 aliphatic heterocycles. The van der Waals surface area contributed by atoms with E-state index in [0.29, 0.717) is 25.9 Å². The summed E-state index contributed by atoms with van der Waals surface area (Å²) in [5, 5.41) is 9.09. The molecule has 0 aromatic heterocycles. The molecule has 1 saturated heterocycles. The predicted octanol–water partition coefficient (Wildman–Crippen LogP) is 2.13. The summed E-state index contributed by atoms with van der Waals surface area (Å²) in [5.74, 6) is -5.34. The van der Waals surface area contributed by atoms with E-state index in [2.05, 4.69) is 0 Å². The molecule has 2 nitrogen and oxygen atoms in total. The zero-order chi connectivity index (χ0) is 13.2. The van der Waals surface area contributed by atoms with Crippen molar-refractivity contribution in [1.82, 2.24) is 4.90 Å². The van der Waals surface area contributed by atoms with E-state index in [0.717, 1.165) is 0 Å². The second-order valence-corrected chi connectivity index (χ2v) is 6.26. The Bertz CT molecular complexity index is 365. The van der Waals surface area contributed by atoms with Gasteiger partial charge in [-0.05, 0) is 25.9 Å². The summed E-state index contributed by atoms with van der Waals surface area (Å²) in [6, 6.07) is 0. The van der Waals surface area contributed by atoms with E-state index in [1.54, 1.807) is 4.90 Å². The number of halogens is 4. The zero-order valence-electron chi connectivity index (χ0n) is 10.1. The number of piperidine rings is 1. The van der Waals surface area contributed by atoms with Gasteiger partial charge in [-0.3, -0.25) is 0 Å². The molecule has 1 N–H and O–H groups in total. The molecule has 0 aromatic rings. The maximum Gasteiger partial charge on any atom is 0.258 e. The van der Waals surface area contributed by atoms with Crippen molar-refractivity contribution >= 4 is 0 Å². The van der Waals surface area contributed by atoms with Gasteiger partial charge in [0.05, 0.1) is 12.0 Å². The summed E-state index contributed by atoms with van der Waals surface area (Å²) in [5.41, 5.74) is -2.16. The fourth-order valence-electron chi connectivity index (χ4n) is 3.26. The molecule has 0 aromatic carbocycles. The molecule has 3 aliphatic rings. The van der Waals surface area contributed by atoms with Crippen LogP contribution in [-0.4, -0.2) is 48.1 Å². The number of hydrogen-bond acceptors (Lipinski definition) is 2. The highest BCUT2D eigenvalue weighted by Crippen LogP contribution is 2.66. The summed E-state index contributed by atoms with van der Waals surface area (Å²) in [6.07, 6.45) is 0.434. The lowest BCUT2D eigenvalue weighted by Gasteiger charge is -2.34. The average molecular weight is 267 g/mol. The van der Waals surface area contributed by atoms with E-state index < -0.39 is 29.3 Å². The Hall–Kier alpha value is -0.360. The minimum Gasteiger partial charge on any atom is -0.396 e. The molecule has 104 valence electrons. The van der Waals surface area contributed by atoms with E-state index in [1.165, 1.54) is 0 Å². The molecule has 1 spiro atoms. The summed E-state index contributed by atoms with van der Waals surface area (Å²) in [4.78, 5) is 1.80. The van der Waals surface area contributed by atoms with Crippen molar-refractivity contribution in [3.8, 4) is 0 Å². The summed E-state index contributed by atoms with van der Waals surface area (Å²) < 4.78 is 52.7. The van der Waals surface area contributed by atoms with Crippen LogP contribution < -0.4 is 0 Å². The number of rotatable bonds is 3. The van der Waals surface area contributed by atoms with Crippen LogP contribution in [0.15, 0.2) is 0 Å². The third-order valence-electron chi connectivity index (χ3n) is 5.06. The van der Waals surface area contributed by atoms with E-state index in [1.807, 2.05) is 0 Å². The van der Waals surface area contributed by atoms with Crippen LogP contribution in [-0.2, 0) is 0 Å². The smallest absolute Gasteiger partial charge is 0.258 e. The Morgan fingerprint density at radius 3 is 1.78 bits per heavy atom. The Morgan fingerprint density at radius 2 is 1.44 bits per heavy atom. The number of hydrogen-bond donors (Lipinski definition) is 1. The molecular weight excluding hydrogens is 250 g/mol. The lowest BCUT2D eigenvalue weighted by molar-refractivity contribution is -0.00294. The monoisotopic (exact) mass is 267 g/mol. The standard InChI is InChI=1S/C12H17F4NO/c13-11(14)5-9(11)1-3-17(4-2-9)7-10(8-18)6-12(10,15)16/h18H,1-8H2. The van der Waals surface area contributed by atoms with Gasteiger partial charge in [0.2, 0.25) is 0 Å². The van der Waals surface area contributed by atoms with Gasteiger partial charge in [-0.25, -0.2) is 17.6 Å². The van der Waals surface area contributed by atoms with Gasteiger partial charge in [-0.2, -0.15) is 0 Å².